The van der Waals surface area contributed by atoms with Crippen molar-refractivity contribution >= 4 is 21.6 Å². The third-order valence-corrected chi connectivity index (χ3v) is 3.59. The number of hydrogen-bond acceptors (Lipinski definition) is 1. The van der Waals surface area contributed by atoms with Crippen molar-refractivity contribution in [1.29, 1.82) is 0 Å². The number of halogens is 1. The van der Waals surface area contributed by atoms with E-state index in [9.17, 15) is 0 Å². The third-order valence-electron chi connectivity index (χ3n) is 3.06. The van der Waals surface area contributed by atoms with Gasteiger partial charge in [0.15, 0.2) is 0 Å². The van der Waals surface area contributed by atoms with E-state index >= 15 is 0 Å². The van der Waals surface area contributed by atoms with Gasteiger partial charge in [-0.1, -0.05) is 45.8 Å². The zero-order valence-corrected chi connectivity index (χ0v) is 12.6. The summed E-state index contributed by atoms with van der Waals surface area (Å²) in [6, 6.07) is 12.9. The Labute approximate surface area is 117 Å². The number of anilines is 1. The minimum atomic E-state index is 0.859. The molecule has 1 N–H and O–H groups in total. The summed E-state index contributed by atoms with van der Waals surface area (Å²) in [5.41, 5.74) is 6.48. The molecule has 18 heavy (non-hydrogen) atoms. The average molecular weight is 304 g/mol. The Balaban J connectivity index is 2.13. The van der Waals surface area contributed by atoms with Crippen LogP contribution in [0.2, 0.25) is 0 Å². The number of aryl methyl sites for hydroxylation is 3. The fourth-order valence-electron chi connectivity index (χ4n) is 2.25. The largest absolute Gasteiger partial charge is 0.381 e. The summed E-state index contributed by atoms with van der Waals surface area (Å²) in [6.07, 6.45) is 0. The van der Waals surface area contributed by atoms with Crippen molar-refractivity contribution in [3.8, 4) is 0 Å². The Kier molecular flexibility index (Phi) is 4.07. The van der Waals surface area contributed by atoms with Crippen LogP contribution in [0.5, 0.6) is 0 Å². The molecule has 0 spiro atoms. The maximum Gasteiger partial charge on any atom is 0.0402 e. The van der Waals surface area contributed by atoms with Crippen LogP contribution < -0.4 is 5.32 Å². The monoisotopic (exact) mass is 303 g/mol. The number of hydrogen-bond donors (Lipinski definition) is 1. The summed E-state index contributed by atoms with van der Waals surface area (Å²) < 4.78 is 1.12. The van der Waals surface area contributed by atoms with E-state index in [0.29, 0.717) is 0 Å². The first-order chi connectivity index (χ1) is 8.56. The molecule has 94 valence electrons. The van der Waals surface area contributed by atoms with Crippen LogP contribution in [0, 0.1) is 20.8 Å². The fraction of sp³-hybridized carbons (Fsp3) is 0.250. The zero-order valence-electron chi connectivity index (χ0n) is 11.0. The minimum absolute atomic E-state index is 0.859. The molecule has 0 amide bonds. The molecule has 0 heterocycles. The van der Waals surface area contributed by atoms with Crippen molar-refractivity contribution in [2.24, 2.45) is 0 Å². The number of nitrogens with one attached hydrogen (secondary N) is 1. The van der Waals surface area contributed by atoms with Gasteiger partial charge in [0.25, 0.3) is 0 Å². The Hall–Kier alpha value is -1.28. The van der Waals surface area contributed by atoms with E-state index < -0.39 is 0 Å². The van der Waals surface area contributed by atoms with Crippen molar-refractivity contribution in [3.05, 3.63) is 63.1 Å². The van der Waals surface area contributed by atoms with Gasteiger partial charge in [0.2, 0.25) is 0 Å². The van der Waals surface area contributed by atoms with Crippen LogP contribution in [0.3, 0.4) is 0 Å². The van der Waals surface area contributed by atoms with Gasteiger partial charge in [-0.25, -0.2) is 0 Å². The quantitative estimate of drug-likeness (QED) is 0.842. The van der Waals surface area contributed by atoms with Gasteiger partial charge in [-0.3, -0.25) is 0 Å². The molecule has 0 aromatic heterocycles. The molecule has 0 saturated heterocycles. The van der Waals surface area contributed by atoms with Crippen LogP contribution in [0.25, 0.3) is 0 Å². The van der Waals surface area contributed by atoms with Gasteiger partial charge >= 0.3 is 0 Å². The van der Waals surface area contributed by atoms with E-state index in [2.05, 4.69) is 78.4 Å². The molecule has 0 aliphatic carbocycles. The molecule has 0 radical (unpaired) electrons. The summed E-state index contributed by atoms with van der Waals surface area (Å²) in [5, 5.41) is 3.53. The molecule has 0 aliphatic rings. The van der Waals surface area contributed by atoms with Gasteiger partial charge in [-0.2, -0.15) is 0 Å². The maximum atomic E-state index is 3.53. The van der Waals surface area contributed by atoms with Crippen LogP contribution >= 0.6 is 15.9 Å². The maximum absolute atomic E-state index is 3.53. The Bertz CT molecular complexity index is 521. The lowest BCUT2D eigenvalue weighted by Gasteiger charge is -2.14. The normalized spacial score (nSPS) is 10.4. The zero-order chi connectivity index (χ0) is 13.1. The first-order valence-electron chi connectivity index (χ1n) is 6.12. The standard InChI is InChI=1S/C16H18BrN/c1-11-8-12(2)16(13(3)9-11)18-10-14-4-6-15(17)7-5-14/h4-9,18H,10H2,1-3H3. The summed E-state index contributed by atoms with van der Waals surface area (Å²) in [7, 11) is 0. The summed E-state index contributed by atoms with van der Waals surface area (Å²) in [4.78, 5) is 0. The highest BCUT2D eigenvalue weighted by atomic mass is 79.9. The molecular weight excluding hydrogens is 286 g/mol. The highest BCUT2D eigenvalue weighted by Crippen LogP contribution is 2.22. The molecule has 0 saturated carbocycles. The molecule has 1 nitrogen and oxygen atoms in total. The molecule has 2 aromatic carbocycles. The first-order valence-corrected chi connectivity index (χ1v) is 6.92. The van der Waals surface area contributed by atoms with Crippen LogP contribution in [0.1, 0.15) is 22.3 Å². The van der Waals surface area contributed by atoms with Gasteiger partial charge in [-0.15, -0.1) is 0 Å². The molecule has 2 aromatic rings. The van der Waals surface area contributed by atoms with Crippen LogP contribution in [0.15, 0.2) is 40.9 Å². The summed E-state index contributed by atoms with van der Waals surface area (Å²) in [6.45, 7) is 7.31. The lowest BCUT2D eigenvalue weighted by molar-refractivity contribution is 1.12. The first kappa shape index (κ1) is 13.2. The third kappa shape index (κ3) is 3.14. The number of rotatable bonds is 3. The van der Waals surface area contributed by atoms with Gasteiger partial charge in [-0.05, 0) is 49.6 Å². The highest BCUT2D eigenvalue weighted by Gasteiger charge is 2.03. The molecule has 0 atom stereocenters. The van der Waals surface area contributed by atoms with Crippen LogP contribution in [-0.2, 0) is 6.54 Å². The summed E-state index contributed by atoms with van der Waals surface area (Å²) in [5.74, 6) is 0. The predicted octanol–water partition coefficient (Wildman–Crippen LogP) is 4.99. The van der Waals surface area contributed by atoms with Gasteiger partial charge < -0.3 is 5.32 Å². The fourth-order valence-corrected chi connectivity index (χ4v) is 2.52. The predicted molar refractivity (Wildman–Crippen MR) is 82.1 cm³/mol. The lowest BCUT2D eigenvalue weighted by atomic mass is 10.0. The molecule has 0 bridgehead atoms. The van der Waals surface area contributed by atoms with Gasteiger partial charge in [0, 0.05) is 16.7 Å². The summed E-state index contributed by atoms with van der Waals surface area (Å²) >= 11 is 3.45. The number of benzene rings is 2. The van der Waals surface area contributed by atoms with Crippen molar-refractivity contribution in [1.82, 2.24) is 0 Å². The Morgan fingerprint density at radius 3 is 2.06 bits per heavy atom. The van der Waals surface area contributed by atoms with Crippen molar-refractivity contribution < 1.29 is 0 Å². The average Bonchev–Trinajstić information content (AvgIpc) is 2.30. The van der Waals surface area contributed by atoms with Crippen molar-refractivity contribution in [2.75, 3.05) is 5.32 Å². The second-order valence-corrected chi connectivity index (χ2v) is 5.67. The van der Waals surface area contributed by atoms with Crippen molar-refractivity contribution in [3.63, 3.8) is 0 Å². The van der Waals surface area contributed by atoms with E-state index in [1.54, 1.807) is 0 Å². The Morgan fingerprint density at radius 2 is 1.50 bits per heavy atom. The SMILES string of the molecule is Cc1cc(C)c(NCc2ccc(Br)cc2)c(C)c1. The van der Waals surface area contributed by atoms with Gasteiger partial charge in [0.05, 0.1) is 0 Å². The molecule has 0 aliphatic heterocycles. The second kappa shape index (κ2) is 5.57. The van der Waals surface area contributed by atoms with E-state index in [-0.39, 0.29) is 0 Å². The molecule has 0 fully saturated rings. The van der Waals surface area contributed by atoms with Crippen molar-refractivity contribution in [2.45, 2.75) is 27.3 Å². The lowest BCUT2D eigenvalue weighted by Crippen LogP contribution is -2.03. The Morgan fingerprint density at radius 1 is 0.944 bits per heavy atom. The highest BCUT2D eigenvalue weighted by molar-refractivity contribution is 9.10. The van der Waals surface area contributed by atoms with E-state index in [1.165, 1.54) is 27.9 Å². The van der Waals surface area contributed by atoms with E-state index in [0.717, 1.165) is 11.0 Å². The van der Waals surface area contributed by atoms with Gasteiger partial charge in [0.1, 0.15) is 0 Å². The second-order valence-electron chi connectivity index (χ2n) is 4.75. The van der Waals surface area contributed by atoms with Crippen LogP contribution in [0.4, 0.5) is 5.69 Å². The van der Waals surface area contributed by atoms with E-state index in [4.69, 9.17) is 0 Å². The minimum Gasteiger partial charge on any atom is -0.381 e. The molecule has 2 rings (SSSR count). The molecular formula is C16H18BrN. The van der Waals surface area contributed by atoms with E-state index in [1.807, 2.05) is 0 Å². The smallest absolute Gasteiger partial charge is 0.0402 e. The topological polar surface area (TPSA) is 12.0 Å². The molecule has 2 heteroatoms. The van der Waals surface area contributed by atoms with Crippen LogP contribution in [-0.4, -0.2) is 0 Å². The molecule has 0 unspecified atom stereocenters.